The van der Waals surface area contributed by atoms with Crippen LogP contribution in [0.25, 0.3) is 0 Å². The van der Waals surface area contributed by atoms with E-state index in [-0.39, 0.29) is 11.2 Å². The minimum atomic E-state index is -0.274. The van der Waals surface area contributed by atoms with E-state index in [1.807, 2.05) is 11.9 Å². The maximum absolute atomic E-state index is 11.9. The summed E-state index contributed by atoms with van der Waals surface area (Å²) in [6, 6.07) is 0. The number of hydrogen-bond donors (Lipinski definition) is 1. The van der Waals surface area contributed by atoms with Crippen molar-refractivity contribution in [3.8, 4) is 0 Å². The molecule has 1 N–H and O–H groups in total. The molecule has 0 radical (unpaired) electrons. The average molecular weight is 210 g/mol. The van der Waals surface area contributed by atoms with Gasteiger partial charge in [-0.2, -0.15) is 0 Å². The van der Waals surface area contributed by atoms with Gasteiger partial charge in [0, 0.05) is 20.6 Å². The summed E-state index contributed by atoms with van der Waals surface area (Å²) in [7, 11) is 3.49. The van der Waals surface area contributed by atoms with Gasteiger partial charge in [-0.3, -0.25) is 13.9 Å². The summed E-state index contributed by atoms with van der Waals surface area (Å²) in [6.45, 7) is 2.75. The second-order valence-corrected chi connectivity index (χ2v) is 3.62. The molecule has 0 saturated heterocycles. The van der Waals surface area contributed by atoms with E-state index in [1.165, 1.54) is 9.13 Å². The number of fused-ring (bicyclic) bond motifs is 1. The Bertz CT molecular complexity index is 514. The Kier molecular flexibility index (Phi) is 2.06. The van der Waals surface area contributed by atoms with E-state index in [4.69, 9.17) is 0 Å². The molecule has 0 spiro atoms. The molecule has 0 atom stereocenters. The number of hydrogen-bond acceptors (Lipinski definition) is 4. The molecule has 2 heterocycles. The van der Waals surface area contributed by atoms with Gasteiger partial charge < -0.3 is 10.2 Å². The molecule has 6 nitrogen and oxygen atoms in total. The Morgan fingerprint density at radius 3 is 2.60 bits per heavy atom. The van der Waals surface area contributed by atoms with Gasteiger partial charge in [-0.05, 0) is 6.92 Å². The molecule has 1 aliphatic rings. The van der Waals surface area contributed by atoms with Crippen molar-refractivity contribution >= 4 is 11.5 Å². The van der Waals surface area contributed by atoms with Crippen LogP contribution in [0.2, 0.25) is 0 Å². The van der Waals surface area contributed by atoms with Gasteiger partial charge in [0.2, 0.25) is 0 Å². The summed E-state index contributed by atoms with van der Waals surface area (Å²) < 4.78 is 2.71. The third-order valence-corrected chi connectivity index (χ3v) is 2.71. The molecule has 0 aromatic carbocycles. The van der Waals surface area contributed by atoms with Crippen LogP contribution in [0.4, 0.5) is 11.5 Å². The molecule has 15 heavy (non-hydrogen) atoms. The molecule has 0 fully saturated rings. The zero-order valence-corrected chi connectivity index (χ0v) is 9.07. The van der Waals surface area contributed by atoms with E-state index in [0.717, 1.165) is 0 Å². The smallest absolute Gasteiger partial charge is 0.332 e. The van der Waals surface area contributed by atoms with Crippen molar-refractivity contribution in [3.63, 3.8) is 0 Å². The van der Waals surface area contributed by atoms with Crippen molar-refractivity contribution < 1.29 is 0 Å². The number of rotatable bonds is 1. The molecule has 0 unspecified atom stereocenters. The fourth-order valence-corrected chi connectivity index (χ4v) is 1.85. The summed E-state index contributed by atoms with van der Waals surface area (Å²) in [6.07, 6.45) is 0. The predicted molar refractivity (Wildman–Crippen MR) is 58.5 cm³/mol. The fourth-order valence-electron chi connectivity index (χ4n) is 1.85. The van der Waals surface area contributed by atoms with E-state index in [1.54, 1.807) is 14.0 Å². The van der Waals surface area contributed by atoms with E-state index in [0.29, 0.717) is 24.7 Å². The molecule has 0 aliphatic carbocycles. The van der Waals surface area contributed by atoms with E-state index < -0.39 is 0 Å². The monoisotopic (exact) mass is 210 g/mol. The molecule has 0 amide bonds. The van der Waals surface area contributed by atoms with Gasteiger partial charge >= 0.3 is 5.69 Å². The number of nitrogens with zero attached hydrogens (tertiary/aromatic N) is 3. The zero-order chi connectivity index (χ0) is 11.2. The van der Waals surface area contributed by atoms with Crippen molar-refractivity contribution in [2.75, 3.05) is 23.9 Å². The third kappa shape index (κ3) is 1.17. The van der Waals surface area contributed by atoms with Crippen LogP contribution in [0.1, 0.15) is 6.92 Å². The van der Waals surface area contributed by atoms with Crippen LogP contribution in [-0.2, 0) is 13.6 Å². The maximum atomic E-state index is 11.9. The Hall–Kier alpha value is -1.72. The van der Waals surface area contributed by atoms with Crippen molar-refractivity contribution in [3.05, 3.63) is 20.8 Å². The number of anilines is 2. The maximum Gasteiger partial charge on any atom is 0.332 e. The second-order valence-electron chi connectivity index (χ2n) is 3.62. The van der Waals surface area contributed by atoms with Crippen molar-refractivity contribution in [1.82, 2.24) is 9.13 Å². The standard InChI is InChI=1S/C9H14N4O2/c1-4-13-8(14)6-7(10-5-11(6)2)12(3)9(13)15/h10H,4-5H2,1-3H3. The first-order chi connectivity index (χ1) is 7.07. The molecule has 0 bridgehead atoms. The lowest BCUT2D eigenvalue weighted by Gasteiger charge is -2.12. The summed E-state index contributed by atoms with van der Waals surface area (Å²) in [5.74, 6) is 0.609. The lowest BCUT2D eigenvalue weighted by Crippen LogP contribution is -2.39. The summed E-state index contributed by atoms with van der Waals surface area (Å²) in [5.41, 5.74) is 0.0751. The van der Waals surface area contributed by atoms with Crippen molar-refractivity contribution in [1.29, 1.82) is 0 Å². The SMILES string of the molecule is CCn1c(=O)c2c(n(C)c1=O)NCN2C. The lowest BCUT2D eigenvalue weighted by molar-refractivity contribution is 0.629. The van der Waals surface area contributed by atoms with Gasteiger partial charge in [-0.1, -0.05) is 0 Å². The van der Waals surface area contributed by atoms with Crippen LogP contribution in [0, 0.1) is 0 Å². The normalized spacial score (nSPS) is 13.9. The Morgan fingerprint density at radius 2 is 2.00 bits per heavy atom. The minimum Gasteiger partial charge on any atom is -0.352 e. The molecule has 1 aromatic rings. The number of nitrogens with one attached hydrogen (secondary N) is 1. The highest BCUT2D eigenvalue weighted by Gasteiger charge is 2.24. The van der Waals surface area contributed by atoms with E-state index in [2.05, 4.69) is 5.32 Å². The Morgan fingerprint density at radius 1 is 1.33 bits per heavy atom. The first-order valence-corrected chi connectivity index (χ1v) is 4.86. The van der Waals surface area contributed by atoms with Crippen LogP contribution < -0.4 is 21.5 Å². The van der Waals surface area contributed by atoms with Crippen molar-refractivity contribution in [2.24, 2.45) is 7.05 Å². The molecule has 0 saturated carbocycles. The molecule has 2 rings (SSSR count). The summed E-state index contributed by atoms with van der Waals surface area (Å²) >= 11 is 0. The highest BCUT2D eigenvalue weighted by Crippen LogP contribution is 2.23. The van der Waals surface area contributed by atoms with E-state index >= 15 is 0 Å². The van der Waals surface area contributed by atoms with Crippen LogP contribution in [0.15, 0.2) is 9.59 Å². The third-order valence-electron chi connectivity index (χ3n) is 2.71. The molecular weight excluding hydrogens is 196 g/mol. The van der Waals surface area contributed by atoms with Crippen LogP contribution >= 0.6 is 0 Å². The van der Waals surface area contributed by atoms with Gasteiger partial charge in [0.1, 0.15) is 11.5 Å². The van der Waals surface area contributed by atoms with Crippen LogP contribution in [0.5, 0.6) is 0 Å². The first-order valence-electron chi connectivity index (χ1n) is 4.86. The highest BCUT2D eigenvalue weighted by atomic mass is 16.2. The van der Waals surface area contributed by atoms with Gasteiger partial charge in [-0.15, -0.1) is 0 Å². The van der Waals surface area contributed by atoms with Gasteiger partial charge in [0.05, 0.1) is 6.67 Å². The van der Waals surface area contributed by atoms with E-state index in [9.17, 15) is 9.59 Å². The predicted octanol–water partition coefficient (Wildman–Crippen LogP) is -0.614. The lowest BCUT2D eigenvalue weighted by atomic mass is 10.4. The highest BCUT2D eigenvalue weighted by molar-refractivity contribution is 5.69. The largest absolute Gasteiger partial charge is 0.352 e. The quantitative estimate of drug-likeness (QED) is 0.671. The van der Waals surface area contributed by atoms with Crippen LogP contribution in [0.3, 0.4) is 0 Å². The number of aromatic nitrogens is 2. The van der Waals surface area contributed by atoms with Gasteiger partial charge in [0.15, 0.2) is 0 Å². The second kappa shape index (κ2) is 3.15. The van der Waals surface area contributed by atoms with Gasteiger partial charge in [0.25, 0.3) is 5.56 Å². The minimum absolute atomic E-state index is 0.219. The van der Waals surface area contributed by atoms with Gasteiger partial charge in [-0.25, -0.2) is 4.79 Å². The Balaban J connectivity index is 2.87. The molecular formula is C9H14N4O2. The first kappa shape index (κ1) is 9.82. The molecule has 82 valence electrons. The van der Waals surface area contributed by atoms with Crippen LogP contribution in [-0.4, -0.2) is 22.9 Å². The summed E-state index contributed by atoms with van der Waals surface area (Å²) in [5, 5.41) is 3.03. The average Bonchev–Trinajstić information content (AvgIpc) is 2.58. The molecule has 6 heteroatoms. The van der Waals surface area contributed by atoms with Crippen molar-refractivity contribution in [2.45, 2.75) is 13.5 Å². The fraction of sp³-hybridized carbons (Fsp3) is 0.556. The molecule has 1 aliphatic heterocycles. The molecule has 1 aromatic heterocycles. The topological polar surface area (TPSA) is 59.3 Å². The Labute approximate surface area is 86.7 Å². The zero-order valence-electron chi connectivity index (χ0n) is 9.07. The summed E-state index contributed by atoms with van der Waals surface area (Å²) in [4.78, 5) is 25.5.